The third-order valence-electron chi connectivity index (χ3n) is 9.72. The Labute approximate surface area is 180 Å². The van der Waals surface area contributed by atoms with E-state index in [1.54, 1.807) is 6.92 Å². The van der Waals surface area contributed by atoms with Crippen molar-refractivity contribution in [1.29, 1.82) is 0 Å². The summed E-state index contributed by atoms with van der Waals surface area (Å²) in [4.78, 5) is 24.9. The number of rotatable bonds is 3. The van der Waals surface area contributed by atoms with Gasteiger partial charge in [-0.05, 0) is 86.4 Å². The number of ether oxygens (including phenoxy) is 1. The number of Topliss-reactive ketones (excluding diaryl/α,β-unsaturated/α-hetero) is 1. The molecule has 4 nitrogen and oxygen atoms in total. The van der Waals surface area contributed by atoms with Crippen molar-refractivity contribution >= 4 is 23.4 Å². The fourth-order valence-electron chi connectivity index (χ4n) is 8.87. The van der Waals surface area contributed by atoms with E-state index in [2.05, 4.69) is 20.8 Å². The first-order valence-electron chi connectivity index (χ1n) is 11.6. The third kappa shape index (κ3) is 3.28. The quantitative estimate of drug-likeness (QED) is 0.531. The van der Waals surface area contributed by atoms with Crippen LogP contribution >= 0.6 is 11.6 Å². The van der Waals surface area contributed by atoms with Crippen LogP contribution in [0.2, 0.25) is 0 Å². The SMILES string of the molecule is CC(=O)[C@H]1[C@H](C)C[C@H]2[C@@H]3CC[C@H]4C[C@H](O)CC[C@]4(C)[C@H]3[C@@H](OC(=O)CCl)C[C@@]21C. The summed E-state index contributed by atoms with van der Waals surface area (Å²) in [5.74, 6) is 2.01. The van der Waals surface area contributed by atoms with Crippen LogP contribution in [-0.4, -0.2) is 34.9 Å². The summed E-state index contributed by atoms with van der Waals surface area (Å²) in [5, 5.41) is 10.3. The van der Waals surface area contributed by atoms with Gasteiger partial charge in [0, 0.05) is 11.8 Å². The topological polar surface area (TPSA) is 63.6 Å². The largest absolute Gasteiger partial charge is 0.461 e. The number of hydrogen-bond acceptors (Lipinski definition) is 4. The van der Waals surface area contributed by atoms with Crippen molar-refractivity contribution in [1.82, 2.24) is 0 Å². The Bertz CT molecular complexity index is 680. The molecule has 0 amide bonds. The molecule has 0 bridgehead atoms. The summed E-state index contributed by atoms with van der Waals surface area (Å²) in [7, 11) is 0. The average Bonchev–Trinajstić information content (AvgIpc) is 2.91. The van der Waals surface area contributed by atoms with Crippen molar-refractivity contribution in [2.24, 2.45) is 46.3 Å². The molecule has 0 aromatic carbocycles. The van der Waals surface area contributed by atoms with Gasteiger partial charge in [-0.3, -0.25) is 9.59 Å². The number of ketones is 1. The Morgan fingerprint density at radius 1 is 1.14 bits per heavy atom. The van der Waals surface area contributed by atoms with Crippen molar-refractivity contribution in [3.63, 3.8) is 0 Å². The van der Waals surface area contributed by atoms with Crippen molar-refractivity contribution in [2.45, 2.75) is 84.8 Å². The maximum Gasteiger partial charge on any atom is 0.321 e. The number of carbonyl (C=O) groups is 2. The number of alkyl halides is 1. The number of fused-ring (bicyclic) bond motifs is 5. The summed E-state index contributed by atoms with van der Waals surface area (Å²) in [6.07, 6.45) is 6.43. The minimum Gasteiger partial charge on any atom is -0.461 e. The van der Waals surface area contributed by atoms with E-state index >= 15 is 0 Å². The van der Waals surface area contributed by atoms with Gasteiger partial charge in [-0.15, -0.1) is 11.6 Å². The van der Waals surface area contributed by atoms with Crippen molar-refractivity contribution in [3.05, 3.63) is 0 Å². The molecule has 4 rings (SSSR count). The first kappa shape index (κ1) is 21.6. The maximum atomic E-state index is 12.6. The second kappa shape index (κ2) is 7.51. The smallest absolute Gasteiger partial charge is 0.321 e. The van der Waals surface area contributed by atoms with Gasteiger partial charge in [0.1, 0.15) is 17.8 Å². The van der Waals surface area contributed by atoms with Gasteiger partial charge < -0.3 is 9.84 Å². The van der Waals surface area contributed by atoms with E-state index in [1.807, 2.05) is 0 Å². The lowest BCUT2D eigenvalue weighted by Crippen LogP contribution is -2.60. The molecule has 4 saturated carbocycles. The molecule has 4 fully saturated rings. The van der Waals surface area contributed by atoms with Crippen LogP contribution < -0.4 is 0 Å². The van der Waals surface area contributed by atoms with Crippen LogP contribution in [0.4, 0.5) is 0 Å². The van der Waals surface area contributed by atoms with Crippen LogP contribution in [0, 0.1) is 46.3 Å². The van der Waals surface area contributed by atoms with Gasteiger partial charge in [0.05, 0.1) is 6.10 Å². The molecule has 164 valence electrons. The van der Waals surface area contributed by atoms with Crippen LogP contribution in [0.15, 0.2) is 0 Å². The Morgan fingerprint density at radius 2 is 1.86 bits per heavy atom. The van der Waals surface area contributed by atoms with Crippen molar-refractivity contribution < 1.29 is 19.4 Å². The van der Waals surface area contributed by atoms with Gasteiger partial charge in [0.15, 0.2) is 0 Å². The summed E-state index contributed by atoms with van der Waals surface area (Å²) >= 11 is 5.82. The molecule has 0 aromatic rings. The molecule has 0 heterocycles. The lowest BCUT2D eigenvalue weighted by Gasteiger charge is -2.62. The summed E-state index contributed by atoms with van der Waals surface area (Å²) in [5.41, 5.74) is -0.0284. The second-order valence-corrected chi connectivity index (χ2v) is 11.4. The van der Waals surface area contributed by atoms with Crippen molar-refractivity contribution in [3.8, 4) is 0 Å². The fraction of sp³-hybridized carbons (Fsp3) is 0.917. The number of halogens is 1. The van der Waals surface area contributed by atoms with Gasteiger partial charge >= 0.3 is 5.97 Å². The van der Waals surface area contributed by atoms with Gasteiger partial charge in [-0.1, -0.05) is 20.8 Å². The predicted molar refractivity (Wildman–Crippen MR) is 112 cm³/mol. The normalized spacial score (nSPS) is 51.5. The van der Waals surface area contributed by atoms with Gasteiger partial charge in [0.2, 0.25) is 0 Å². The molecule has 0 spiro atoms. The molecule has 10 atom stereocenters. The van der Waals surface area contributed by atoms with Crippen LogP contribution in [0.1, 0.15) is 72.6 Å². The monoisotopic (exact) mass is 424 g/mol. The predicted octanol–water partition coefficient (Wildman–Crippen LogP) is 4.60. The molecule has 0 radical (unpaired) electrons. The molecule has 0 aliphatic heterocycles. The lowest BCUT2D eigenvalue weighted by molar-refractivity contribution is -0.197. The van der Waals surface area contributed by atoms with E-state index in [1.165, 1.54) is 0 Å². The zero-order valence-electron chi connectivity index (χ0n) is 18.3. The number of esters is 1. The van der Waals surface area contributed by atoms with Crippen LogP contribution in [0.25, 0.3) is 0 Å². The Balaban J connectivity index is 1.74. The molecule has 1 N–H and O–H groups in total. The van der Waals surface area contributed by atoms with E-state index in [4.69, 9.17) is 16.3 Å². The summed E-state index contributed by atoms with van der Waals surface area (Å²) in [6, 6.07) is 0. The first-order chi connectivity index (χ1) is 13.6. The number of hydrogen-bond donors (Lipinski definition) is 1. The molecule has 0 saturated heterocycles. The van der Waals surface area contributed by atoms with Crippen molar-refractivity contribution in [2.75, 3.05) is 5.88 Å². The number of aliphatic hydroxyl groups excluding tert-OH is 1. The van der Waals surface area contributed by atoms with Crippen LogP contribution in [-0.2, 0) is 14.3 Å². The zero-order valence-corrected chi connectivity index (χ0v) is 19.1. The molecule has 4 aliphatic carbocycles. The average molecular weight is 425 g/mol. The molecule has 29 heavy (non-hydrogen) atoms. The molecule has 5 heteroatoms. The fourth-order valence-corrected chi connectivity index (χ4v) is 8.93. The van der Waals surface area contributed by atoms with E-state index in [0.717, 1.165) is 44.9 Å². The third-order valence-corrected chi connectivity index (χ3v) is 9.94. The summed E-state index contributed by atoms with van der Waals surface area (Å²) in [6.45, 7) is 8.63. The maximum absolute atomic E-state index is 12.6. The van der Waals surface area contributed by atoms with E-state index in [0.29, 0.717) is 29.6 Å². The summed E-state index contributed by atoms with van der Waals surface area (Å²) < 4.78 is 6.04. The molecule has 4 aliphatic rings. The molecule has 0 unspecified atom stereocenters. The van der Waals surface area contributed by atoms with Gasteiger partial charge in [0.25, 0.3) is 0 Å². The highest BCUT2D eigenvalue weighted by Crippen LogP contribution is 2.68. The molecule has 0 aromatic heterocycles. The standard InChI is InChI=1S/C24H37ClO4/c1-13-9-18-17-6-5-15-10-16(27)7-8-23(15,3)22(17)19(29-20(28)12-25)11-24(18,4)21(13)14(2)26/h13,15-19,21-22,27H,5-12H2,1-4H3/t13-,15+,16-,17+,18+,19+,21-,22-,23+,24+/m1/s1. The Hall–Kier alpha value is -0.610. The van der Waals surface area contributed by atoms with E-state index in [-0.39, 0.29) is 46.6 Å². The molecular formula is C24H37ClO4. The minimum absolute atomic E-state index is 0.0457. The highest BCUT2D eigenvalue weighted by Gasteiger charge is 2.65. The number of carbonyl (C=O) groups excluding carboxylic acids is 2. The van der Waals surface area contributed by atoms with E-state index in [9.17, 15) is 14.7 Å². The lowest BCUT2D eigenvalue weighted by atomic mass is 9.43. The van der Waals surface area contributed by atoms with Crippen LogP contribution in [0.5, 0.6) is 0 Å². The van der Waals surface area contributed by atoms with E-state index < -0.39 is 0 Å². The zero-order chi connectivity index (χ0) is 21.1. The highest BCUT2D eigenvalue weighted by atomic mass is 35.5. The van der Waals surface area contributed by atoms with Crippen LogP contribution in [0.3, 0.4) is 0 Å². The van der Waals surface area contributed by atoms with Gasteiger partial charge in [-0.25, -0.2) is 0 Å². The minimum atomic E-state index is -0.343. The first-order valence-corrected chi connectivity index (χ1v) is 12.1. The Kier molecular flexibility index (Phi) is 5.60. The second-order valence-electron chi connectivity index (χ2n) is 11.2. The number of aliphatic hydroxyl groups is 1. The highest BCUT2D eigenvalue weighted by molar-refractivity contribution is 6.26. The van der Waals surface area contributed by atoms with Gasteiger partial charge in [-0.2, -0.15) is 0 Å². The molecular weight excluding hydrogens is 388 g/mol. The Morgan fingerprint density at radius 3 is 2.52 bits per heavy atom.